The number of nitro benzene ring substituents is 1. The minimum absolute atomic E-state index is 0.00777. The molecule has 1 aromatic rings. The number of ether oxygens (including phenoxy) is 1. The molecule has 0 spiro atoms. The second kappa shape index (κ2) is 3.12. The zero-order chi connectivity index (χ0) is 10.1. The Morgan fingerprint density at radius 1 is 1.50 bits per heavy atom. The van der Waals surface area contributed by atoms with E-state index in [4.69, 9.17) is 9.84 Å². The van der Waals surface area contributed by atoms with Gasteiger partial charge in [0, 0.05) is 17.7 Å². The van der Waals surface area contributed by atoms with Gasteiger partial charge in [-0.2, -0.15) is 0 Å². The van der Waals surface area contributed by atoms with Crippen LogP contribution in [0.25, 0.3) is 6.08 Å². The second-order valence-electron chi connectivity index (χ2n) is 2.85. The molecule has 0 saturated carbocycles. The van der Waals surface area contributed by atoms with E-state index in [1.807, 2.05) is 0 Å². The Labute approximate surface area is 79.4 Å². The Morgan fingerprint density at radius 3 is 3.00 bits per heavy atom. The van der Waals surface area contributed by atoms with Crippen LogP contribution in [0.4, 0.5) is 5.69 Å². The van der Waals surface area contributed by atoms with Gasteiger partial charge in [-0.05, 0) is 18.2 Å². The van der Waals surface area contributed by atoms with Crippen molar-refractivity contribution in [2.75, 3.05) is 0 Å². The predicted molar refractivity (Wildman–Crippen MR) is 48.8 cm³/mol. The fraction of sp³-hybridized carbons (Fsp3) is 0.111. The summed E-state index contributed by atoms with van der Waals surface area (Å²) in [6.07, 6.45) is 2.05. The number of nitro groups is 1. The third-order valence-corrected chi connectivity index (χ3v) is 1.89. The van der Waals surface area contributed by atoms with Crippen LogP contribution in [0.15, 0.2) is 24.3 Å². The van der Waals surface area contributed by atoms with Gasteiger partial charge < -0.3 is 9.84 Å². The molecule has 1 heterocycles. The fourth-order valence-electron chi connectivity index (χ4n) is 1.24. The zero-order valence-electron chi connectivity index (χ0n) is 7.08. The Morgan fingerprint density at radius 2 is 2.29 bits per heavy atom. The number of hydrogen-bond donors (Lipinski definition) is 1. The highest BCUT2D eigenvalue weighted by Crippen LogP contribution is 2.28. The van der Waals surface area contributed by atoms with Crippen LogP contribution in [0.2, 0.25) is 0 Å². The SMILES string of the molecule is O=[N+]([O-])c1ccc2c(c1)C=C[C@H](O)O2. The number of aliphatic hydroxyl groups is 1. The number of fused-ring (bicyclic) bond motifs is 1. The van der Waals surface area contributed by atoms with Gasteiger partial charge in [-0.15, -0.1) is 0 Å². The Bertz CT molecular complexity index is 413. The number of non-ortho nitro benzene ring substituents is 1. The fourth-order valence-corrected chi connectivity index (χ4v) is 1.24. The molecule has 5 heteroatoms. The smallest absolute Gasteiger partial charge is 0.270 e. The lowest BCUT2D eigenvalue weighted by Crippen LogP contribution is -2.15. The average Bonchev–Trinajstić information content (AvgIpc) is 2.16. The molecular weight excluding hydrogens is 186 g/mol. The summed E-state index contributed by atoms with van der Waals surface area (Å²) in [5.41, 5.74) is 0.609. The highest BCUT2D eigenvalue weighted by molar-refractivity contribution is 5.62. The summed E-state index contributed by atoms with van der Waals surface area (Å²) in [6, 6.07) is 4.21. The summed E-state index contributed by atoms with van der Waals surface area (Å²) in [7, 11) is 0. The lowest BCUT2D eigenvalue weighted by molar-refractivity contribution is -0.384. The first kappa shape index (κ1) is 8.71. The molecule has 1 atom stereocenters. The van der Waals surface area contributed by atoms with E-state index in [1.54, 1.807) is 6.08 Å². The van der Waals surface area contributed by atoms with Crippen LogP contribution in [-0.4, -0.2) is 16.3 Å². The first-order valence-electron chi connectivity index (χ1n) is 3.98. The first-order chi connectivity index (χ1) is 6.66. The minimum atomic E-state index is -0.969. The maximum absolute atomic E-state index is 10.4. The number of nitrogens with zero attached hydrogens (tertiary/aromatic N) is 1. The first-order valence-corrected chi connectivity index (χ1v) is 3.98. The molecule has 0 radical (unpaired) electrons. The maximum Gasteiger partial charge on any atom is 0.270 e. The molecule has 72 valence electrons. The van der Waals surface area contributed by atoms with Gasteiger partial charge in [0.1, 0.15) is 5.75 Å². The number of hydrogen-bond acceptors (Lipinski definition) is 4. The maximum atomic E-state index is 10.4. The molecule has 1 aromatic carbocycles. The van der Waals surface area contributed by atoms with Gasteiger partial charge in [-0.3, -0.25) is 10.1 Å². The van der Waals surface area contributed by atoms with Crippen molar-refractivity contribution < 1.29 is 14.8 Å². The summed E-state index contributed by atoms with van der Waals surface area (Å²) in [5.74, 6) is 0.450. The quantitative estimate of drug-likeness (QED) is 0.539. The molecule has 2 rings (SSSR count). The Kier molecular flexibility index (Phi) is 1.94. The van der Waals surface area contributed by atoms with E-state index in [9.17, 15) is 10.1 Å². The van der Waals surface area contributed by atoms with Crippen LogP contribution in [0.1, 0.15) is 5.56 Å². The van der Waals surface area contributed by atoms with Crippen LogP contribution in [0.3, 0.4) is 0 Å². The molecule has 0 aliphatic carbocycles. The Balaban J connectivity index is 2.44. The molecule has 0 bridgehead atoms. The Hall–Kier alpha value is -1.88. The number of benzene rings is 1. The number of rotatable bonds is 1. The molecule has 0 saturated heterocycles. The molecule has 1 N–H and O–H groups in total. The zero-order valence-corrected chi connectivity index (χ0v) is 7.08. The molecule has 1 aliphatic heterocycles. The van der Waals surface area contributed by atoms with Crippen molar-refractivity contribution in [3.05, 3.63) is 40.0 Å². The van der Waals surface area contributed by atoms with Crippen LogP contribution in [0, 0.1) is 10.1 Å². The van der Waals surface area contributed by atoms with E-state index in [0.717, 1.165) is 0 Å². The highest BCUT2D eigenvalue weighted by atomic mass is 16.6. The molecule has 14 heavy (non-hydrogen) atoms. The van der Waals surface area contributed by atoms with Gasteiger partial charge in [0.25, 0.3) is 5.69 Å². The summed E-state index contributed by atoms with van der Waals surface area (Å²) in [5, 5.41) is 19.5. The number of aliphatic hydroxyl groups excluding tert-OH is 1. The van der Waals surface area contributed by atoms with Crippen molar-refractivity contribution in [2.45, 2.75) is 6.29 Å². The van der Waals surface area contributed by atoms with Crippen molar-refractivity contribution in [3.8, 4) is 5.75 Å². The molecule has 1 aliphatic rings. The van der Waals surface area contributed by atoms with Gasteiger partial charge >= 0.3 is 0 Å². The monoisotopic (exact) mass is 193 g/mol. The van der Waals surface area contributed by atoms with Crippen LogP contribution >= 0.6 is 0 Å². The third kappa shape index (κ3) is 1.45. The lowest BCUT2D eigenvalue weighted by atomic mass is 10.1. The van der Waals surface area contributed by atoms with Crippen LogP contribution in [-0.2, 0) is 0 Å². The lowest BCUT2D eigenvalue weighted by Gasteiger charge is -2.16. The van der Waals surface area contributed by atoms with Crippen molar-refractivity contribution in [2.24, 2.45) is 0 Å². The largest absolute Gasteiger partial charge is 0.461 e. The summed E-state index contributed by atoms with van der Waals surface area (Å²) in [6.45, 7) is 0. The highest BCUT2D eigenvalue weighted by Gasteiger charge is 2.15. The molecular formula is C9H7NO4. The van der Waals surface area contributed by atoms with Crippen LogP contribution in [0.5, 0.6) is 5.75 Å². The molecule has 0 unspecified atom stereocenters. The molecule has 0 fully saturated rings. The molecule has 0 amide bonds. The van der Waals surface area contributed by atoms with Gasteiger partial charge in [0.15, 0.2) is 0 Å². The van der Waals surface area contributed by atoms with Gasteiger partial charge in [-0.25, -0.2) is 0 Å². The van der Waals surface area contributed by atoms with E-state index < -0.39 is 11.2 Å². The van der Waals surface area contributed by atoms with E-state index in [-0.39, 0.29) is 5.69 Å². The van der Waals surface area contributed by atoms with E-state index in [2.05, 4.69) is 0 Å². The van der Waals surface area contributed by atoms with Crippen molar-refractivity contribution in [3.63, 3.8) is 0 Å². The standard InChI is InChI=1S/C9H7NO4/c11-9-4-1-6-5-7(10(12)13)2-3-8(6)14-9/h1-5,9,11H/t9-/m1/s1. The van der Waals surface area contributed by atoms with E-state index >= 15 is 0 Å². The van der Waals surface area contributed by atoms with Crippen LogP contribution < -0.4 is 4.74 Å². The van der Waals surface area contributed by atoms with E-state index in [0.29, 0.717) is 11.3 Å². The van der Waals surface area contributed by atoms with Gasteiger partial charge in [0.2, 0.25) is 6.29 Å². The summed E-state index contributed by atoms with van der Waals surface area (Å²) >= 11 is 0. The molecule has 0 aromatic heterocycles. The predicted octanol–water partition coefficient (Wildman–Crippen LogP) is 1.32. The van der Waals surface area contributed by atoms with Crippen molar-refractivity contribution in [1.29, 1.82) is 0 Å². The summed E-state index contributed by atoms with van der Waals surface area (Å²) in [4.78, 5) is 9.97. The topological polar surface area (TPSA) is 72.6 Å². The normalized spacial score (nSPS) is 18.5. The average molecular weight is 193 g/mol. The van der Waals surface area contributed by atoms with Crippen molar-refractivity contribution in [1.82, 2.24) is 0 Å². The minimum Gasteiger partial charge on any atom is -0.461 e. The van der Waals surface area contributed by atoms with Crippen molar-refractivity contribution >= 4 is 11.8 Å². The second-order valence-corrected chi connectivity index (χ2v) is 2.85. The third-order valence-electron chi connectivity index (χ3n) is 1.89. The van der Waals surface area contributed by atoms with Gasteiger partial charge in [0.05, 0.1) is 4.92 Å². The molecule has 5 nitrogen and oxygen atoms in total. The van der Waals surface area contributed by atoms with Gasteiger partial charge in [-0.1, -0.05) is 0 Å². The van der Waals surface area contributed by atoms with E-state index in [1.165, 1.54) is 24.3 Å². The summed E-state index contributed by atoms with van der Waals surface area (Å²) < 4.78 is 5.01.